The molecule has 0 bridgehead atoms. The summed E-state index contributed by atoms with van der Waals surface area (Å²) in [6, 6.07) is 8.03. The van der Waals surface area contributed by atoms with E-state index in [-0.39, 0.29) is 6.42 Å². The van der Waals surface area contributed by atoms with E-state index in [1.54, 1.807) is 12.5 Å². The molecule has 0 fully saturated rings. The van der Waals surface area contributed by atoms with Crippen LogP contribution in [0.3, 0.4) is 0 Å². The molecule has 1 aromatic carbocycles. The Morgan fingerprint density at radius 2 is 2.04 bits per heavy atom. The summed E-state index contributed by atoms with van der Waals surface area (Å²) in [5.74, 6) is -2.51. The van der Waals surface area contributed by atoms with Gasteiger partial charge in [-0.15, -0.1) is 0 Å². The molecule has 1 heterocycles. The van der Waals surface area contributed by atoms with E-state index in [0.29, 0.717) is 13.0 Å². The Balaban J connectivity index is 1.90. The summed E-state index contributed by atoms with van der Waals surface area (Å²) >= 11 is 0. The van der Waals surface area contributed by atoms with Crippen LogP contribution in [0, 0.1) is 5.92 Å². The number of nitrogens with one attached hydrogen (secondary N) is 2. The first-order valence-electron chi connectivity index (χ1n) is 7.35. The largest absolute Gasteiger partial charge is 0.481 e. The van der Waals surface area contributed by atoms with Crippen molar-refractivity contribution in [2.45, 2.75) is 18.9 Å². The Morgan fingerprint density at radius 3 is 2.65 bits per heavy atom. The molecule has 23 heavy (non-hydrogen) atoms. The third-order valence-corrected chi connectivity index (χ3v) is 3.60. The Bertz CT molecular complexity index is 628. The van der Waals surface area contributed by atoms with Gasteiger partial charge in [0.15, 0.2) is 0 Å². The first-order chi connectivity index (χ1) is 11.1. The number of imidazole rings is 1. The second-order valence-corrected chi connectivity index (χ2v) is 5.28. The summed E-state index contributed by atoms with van der Waals surface area (Å²) in [6.07, 6.45) is 4.02. The zero-order valence-electron chi connectivity index (χ0n) is 12.6. The number of aliphatic carboxylic acids is 1. The fourth-order valence-corrected chi connectivity index (χ4v) is 2.28. The molecule has 1 aromatic heterocycles. The molecule has 7 heteroatoms. The highest BCUT2D eigenvalue weighted by molar-refractivity contribution is 5.87. The number of aromatic amines is 1. The second kappa shape index (κ2) is 8.09. The number of benzene rings is 1. The average molecular weight is 316 g/mol. The highest BCUT2D eigenvalue weighted by Gasteiger charge is 2.30. The number of carbonyl (C=O) groups excluding carboxylic acids is 1. The van der Waals surface area contributed by atoms with Crippen molar-refractivity contribution >= 4 is 11.9 Å². The van der Waals surface area contributed by atoms with E-state index >= 15 is 0 Å². The number of carbonyl (C=O) groups is 2. The number of hydrogen-bond acceptors (Lipinski definition) is 4. The molecule has 0 radical (unpaired) electrons. The number of H-pyrrole nitrogens is 1. The zero-order valence-corrected chi connectivity index (χ0v) is 12.6. The van der Waals surface area contributed by atoms with Gasteiger partial charge >= 0.3 is 5.97 Å². The van der Waals surface area contributed by atoms with Crippen molar-refractivity contribution in [3.63, 3.8) is 0 Å². The van der Waals surface area contributed by atoms with Crippen LogP contribution in [0.5, 0.6) is 0 Å². The highest BCUT2D eigenvalue weighted by atomic mass is 16.4. The summed E-state index contributed by atoms with van der Waals surface area (Å²) in [6.45, 7) is 0.367. The quantitative estimate of drug-likeness (QED) is 0.559. The number of carboxylic acids is 1. The van der Waals surface area contributed by atoms with Crippen LogP contribution >= 0.6 is 0 Å². The lowest BCUT2D eigenvalue weighted by Gasteiger charge is -2.19. The van der Waals surface area contributed by atoms with Crippen LogP contribution < -0.4 is 11.1 Å². The fraction of sp³-hybridized carbons (Fsp3) is 0.312. The second-order valence-electron chi connectivity index (χ2n) is 5.28. The summed E-state index contributed by atoms with van der Waals surface area (Å²) in [7, 11) is 0. The third kappa shape index (κ3) is 4.93. The van der Waals surface area contributed by atoms with Gasteiger partial charge in [-0.05, 0) is 12.0 Å². The molecule has 7 nitrogen and oxygen atoms in total. The van der Waals surface area contributed by atoms with Gasteiger partial charge in [-0.2, -0.15) is 0 Å². The molecule has 0 spiro atoms. The minimum atomic E-state index is -1.10. The minimum absolute atomic E-state index is 0.214. The SMILES string of the molecule is N[C@H](C(=O)NCCc1cnc[nH]1)C(Cc1ccccc1)C(=O)O. The molecule has 0 saturated carbocycles. The molecule has 0 aliphatic carbocycles. The van der Waals surface area contributed by atoms with E-state index < -0.39 is 23.8 Å². The lowest BCUT2D eigenvalue weighted by atomic mass is 9.92. The van der Waals surface area contributed by atoms with E-state index in [1.807, 2.05) is 30.3 Å². The van der Waals surface area contributed by atoms with Crippen molar-refractivity contribution in [1.82, 2.24) is 15.3 Å². The molecular formula is C16H20N4O3. The van der Waals surface area contributed by atoms with Gasteiger partial charge in [0.05, 0.1) is 18.3 Å². The zero-order chi connectivity index (χ0) is 16.7. The average Bonchev–Trinajstić information content (AvgIpc) is 3.06. The normalized spacial score (nSPS) is 13.3. The Labute approximate surface area is 133 Å². The lowest BCUT2D eigenvalue weighted by Crippen LogP contribution is -2.49. The van der Waals surface area contributed by atoms with Crippen LogP contribution in [0.15, 0.2) is 42.9 Å². The van der Waals surface area contributed by atoms with E-state index in [4.69, 9.17) is 5.73 Å². The Hall–Kier alpha value is -2.67. The van der Waals surface area contributed by atoms with Gasteiger partial charge in [-0.3, -0.25) is 9.59 Å². The van der Waals surface area contributed by atoms with E-state index in [0.717, 1.165) is 11.3 Å². The van der Waals surface area contributed by atoms with Gasteiger partial charge < -0.3 is 21.1 Å². The van der Waals surface area contributed by atoms with Gasteiger partial charge in [0.2, 0.25) is 5.91 Å². The number of nitrogens with two attached hydrogens (primary N) is 1. The van der Waals surface area contributed by atoms with Crippen molar-refractivity contribution < 1.29 is 14.7 Å². The summed E-state index contributed by atoms with van der Waals surface area (Å²) in [5.41, 5.74) is 7.58. The predicted molar refractivity (Wildman–Crippen MR) is 84.5 cm³/mol. The van der Waals surface area contributed by atoms with Crippen molar-refractivity contribution in [2.75, 3.05) is 6.54 Å². The summed E-state index contributed by atoms with van der Waals surface area (Å²) in [4.78, 5) is 30.3. The van der Waals surface area contributed by atoms with Crippen molar-refractivity contribution in [3.8, 4) is 0 Å². The third-order valence-electron chi connectivity index (χ3n) is 3.60. The van der Waals surface area contributed by atoms with Gasteiger partial charge in [0, 0.05) is 24.9 Å². The fourth-order valence-electron chi connectivity index (χ4n) is 2.28. The number of nitrogens with zero attached hydrogens (tertiary/aromatic N) is 1. The van der Waals surface area contributed by atoms with E-state index in [9.17, 15) is 14.7 Å². The molecule has 122 valence electrons. The standard InChI is InChI=1S/C16H20N4O3/c17-14(15(21)19-7-6-12-9-18-10-20-12)13(16(22)23)8-11-4-2-1-3-5-11/h1-5,9-10,13-14H,6-8,17H2,(H,18,20)(H,19,21)(H,22,23)/t13?,14-/m0/s1. The predicted octanol–water partition coefficient (Wildman–Crippen LogP) is 0.339. The maximum atomic E-state index is 12.1. The Kier molecular flexibility index (Phi) is 5.87. The van der Waals surface area contributed by atoms with Gasteiger partial charge in [0.1, 0.15) is 0 Å². The molecule has 2 rings (SSSR count). The van der Waals surface area contributed by atoms with Crippen molar-refractivity contribution in [3.05, 3.63) is 54.1 Å². The lowest BCUT2D eigenvalue weighted by molar-refractivity contribution is -0.144. The molecule has 0 saturated heterocycles. The minimum Gasteiger partial charge on any atom is -0.481 e. The van der Waals surface area contributed by atoms with Crippen LogP contribution in [0.1, 0.15) is 11.3 Å². The van der Waals surface area contributed by atoms with Crippen molar-refractivity contribution in [1.29, 1.82) is 0 Å². The highest BCUT2D eigenvalue weighted by Crippen LogP contribution is 2.12. The summed E-state index contributed by atoms with van der Waals surface area (Å²) in [5, 5.41) is 12.0. The van der Waals surface area contributed by atoms with Crippen LogP contribution in [0.25, 0.3) is 0 Å². The molecule has 1 amide bonds. The number of rotatable bonds is 8. The Morgan fingerprint density at radius 1 is 1.30 bits per heavy atom. The van der Waals surface area contributed by atoms with Gasteiger partial charge in [-0.25, -0.2) is 4.98 Å². The number of carboxylic acid groups (broad SMARTS) is 1. The molecule has 0 aliphatic heterocycles. The molecule has 2 aromatic rings. The monoisotopic (exact) mass is 316 g/mol. The topological polar surface area (TPSA) is 121 Å². The van der Waals surface area contributed by atoms with Crippen LogP contribution in [0.2, 0.25) is 0 Å². The van der Waals surface area contributed by atoms with Gasteiger partial charge in [0.25, 0.3) is 0 Å². The molecule has 1 unspecified atom stereocenters. The number of hydrogen-bond donors (Lipinski definition) is 4. The van der Waals surface area contributed by atoms with Crippen molar-refractivity contribution in [2.24, 2.45) is 11.7 Å². The maximum absolute atomic E-state index is 12.1. The molecule has 2 atom stereocenters. The first-order valence-corrected chi connectivity index (χ1v) is 7.35. The van der Waals surface area contributed by atoms with Crippen LogP contribution in [-0.4, -0.2) is 39.5 Å². The van der Waals surface area contributed by atoms with Crippen LogP contribution in [0.4, 0.5) is 0 Å². The van der Waals surface area contributed by atoms with Gasteiger partial charge in [-0.1, -0.05) is 30.3 Å². The number of aromatic nitrogens is 2. The summed E-state index contributed by atoms with van der Waals surface area (Å²) < 4.78 is 0. The number of amides is 1. The molecule has 0 aliphatic rings. The van der Waals surface area contributed by atoms with E-state index in [1.165, 1.54) is 0 Å². The molecular weight excluding hydrogens is 296 g/mol. The smallest absolute Gasteiger partial charge is 0.308 e. The molecule has 5 N–H and O–H groups in total. The first kappa shape index (κ1) is 16.7. The maximum Gasteiger partial charge on any atom is 0.308 e. The van der Waals surface area contributed by atoms with Crippen LogP contribution in [-0.2, 0) is 22.4 Å². The van der Waals surface area contributed by atoms with E-state index in [2.05, 4.69) is 15.3 Å².